The van der Waals surface area contributed by atoms with E-state index in [1.807, 2.05) is 17.5 Å². The monoisotopic (exact) mass is 388 g/mol. The van der Waals surface area contributed by atoms with Gasteiger partial charge in [-0.15, -0.1) is 11.3 Å². The van der Waals surface area contributed by atoms with Crippen molar-refractivity contribution in [1.82, 2.24) is 10.6 Å². The summed E-state index contributed by atoms with van der Waals surface area (Å²) in [4.78, 5) is 25.2. The third kappa shape index (κ3) is 7.06. The molecule has 0 saturated carbocycles. The fourth-order valence-electron chi connectivity index (χ4n) is 2.62. The summed E-state index contributed by atoms with van der Waals surface area (Å²) in [6.45, 7) is 7.36. The highest BCUT2D eigenvalue weighted by atomic mass is 32.1. The maximum Gasteiger partial charge on any atom is 0.408 e. The smallest absolute Gasteiger partial charge is 0.408 e. The van der Waals surface area contributed by atoms with Gasteiger partial charge in [0.25, 0.3) is 0 Å². The summed E-state index contributed by atoms with van der Waals surface area (Å²) in [6, 6.07) is 12.0. The van der Waals surface area contributed by atoms with E-state index in [0.29, 0.717) is 0 Å². The number of alkyl carbamates (subject to hydrolysis) is 1. The lowest BCUT2D eigenvalue weighted by molar-refractivity contribution is -0.120. The van der Waals surface area contributed by atoms with E-state index in [1.54, 1.807) is 32.1 Å². The van der Waals surface area contributed by atoms with Gasteiger partial charge in [-0.2, -0.15) is 0 Å². The van der Waals surface area contributed by atoms with Gasteiger partial charge in [0, 0.05) is 4.88 Å². The Morgan fingerprint density at radius 2 is 1.85 bits per heavy atom. The highest BCUT2D eigenvalue weighted by Gasteiger charge is 2.20. The molecular formula is C21H28N2O3S. The van der Waals surface area contributed by atoms with Crippen LogP contribution in [0.15, 0.2) is 41.8 Å². The Bertz CT molecular complexity index is 734. The molecule has 1 aromatic heterocycles. The Balaban J connectivity index is 2.03. The van der Waals surface area contributed by atoms with Crippen LogP contribution in [0.2, 0.25) is 0 Å². The average Bonchev–Trinajstić information content (AvgIpc) is 3.12. The summed E-state index contributed by atoms with van der Waals surface area (Å²) in [5, 5.41) is 7.49. The van der Waals surface area contributed by atoms with Gasteiger partial charge < -0.3 is 15.4 Å². The molecule has 0 bridgehead atoms. The molecule has 6 heteroatoms. The maximum absolute atomic E-state index is 12.4. The second-order valence-electron chi connectivity index (χ2n) is 7.36. The van der Waals surface area contributed by atoms with Crippen molar-refractivity contribution in [1.29, 1.82) is 0 Å². The lowest BCUT2D eigenvalue weighted by Crippen LogP contribution is -2.40. The highest BCUT2D eigenvalue weighted by molar-refractivity contribution is 7.10. The summed E-state index contributed by atoms with van der Waals surface area (Å²) in [5.74, 6) is -0.267. The van der Waals surface area contributed by atoms with Gasteiger partial charge in [0.2, 0.25) is 5.91 Å². The number of thiophene rings is 1. The van der Waals surface area contributed by atoms with Crippen LogP contribution in [0.5, 0.6) is 0 Å². The largest absolute Gasteiger partial charge is 0.444 e. The van der Waals surface area contributed by atoms with Crippen molar-refractivity contribution in [3.05, 3.63) is 57.8 Å². The second-order valence-corrected chi connectivity index (χ2v) is 8.34. The molecule has 0 aliphatic carbocycles. The number of ether oxygens (including phenoxy) is 1. The molecule has 0 aliphatic heterocycles. The van der Waals surface area contributed by atoms with Crippen LogP contribution in [0.3, 0.4) is 0 Å². The Morgan fingerprint density at radius 3 is 2.41 bits per heavy atom. The molecule has 1 aromatic carbocycles. The van der Waals surface area contributed by atoms with Crippen LogP contribution >= 0.6 is 11.3 Å². The van der Waals surface area contributed by atoms with E-state index in [2.05, 4.69) is 41.8 Å². The maximum atomic E-state index is 12.4. The van der Waals surface area contributed by atoms with Crippen LogP contribution in [0.4, 0.5) is 4.79 Å². The second kappa shape index (κ2) is 9.55. The molecule has 146 valence electrons. The quantitative estimate of drug-likeness (QED) is 0.737. The minimum Gasteiger partial charge on any atom is -0.444 e. The van der Waals surface area contributed by atoms with Crippen molar-refractivity contribution in [2.45, 2.75) is 52.2 Å². The third-order valence-electron chi connectivity index (χ3n) is 3.78. The number of carbonyl (C=O) groups is 2. The van der Waals surface area contributed by atoms with Crippen molar-refractivity contribution in [3.8, 4) is 0 Å². The lowest BCUT2D eigenvalue weighted by atomic mass is 10.0. The average molecular weight is 389 g/mol. The summed E-state index contributed by atoms with van der Waals surface area (Å²) >= 11 is 1.59. The minimum absolute atomic E-state index is 0.134. The number of nitrogens with one attached hydrogen (secondary N) is 2. The van der Waals surface area contributed by atoms with Crippen molar-refractivity contribution in [3.63, 3.8) is 0 Å². The number of benzene rings is 1. The van der Waals surface area contributed by atoms with Gasteiger partial charge in [-0.1, -0.05) is 43.7 Å². The predicted octanol–water partition coefficient (Wildman–Crippen LogP) is 4.43. The molecule has 1 unspecified atom stereocenters. The zero-order valence-electron chi connectivity index (χ0n) is 16.4. The van der Waals surface area contributed by atoms with Crippen molar-refractivity contribution in [2.75, 3.05) is 6.54 Å². The van der Waals surface area contributed by atoms with Gasteiger partial charge in [-0.25, -0.2) is 4.79 Å². The van der Waals surface area contributed by atoms with E-state index in [9.17, 15) is 9.59 Å². The van der Waals surface area contributed by atoms with Crippen LogP contribution in [-0.2, 0) is 16.0 Å². The van der Waals surface area contributed by atoms with Gasteiger partial charge in [0.1, 0.15) is 12.1 Å². The Labute approximate surface area is 165 Å². The van der Waals surface area contributed by atoms with E-state index >= 15 is 0 Å². The van der Waals surface area contributed by atoms with E-state index in [1.165, 1.54) is 5.56 Å². The number of rotatable bonds is 7. The number of hydrogen-bond acceptors (Lipinski definition) is 4. The van der Waals surface area contributed by atoms with Gasteiger partial charge in [0.15, 0.2) is 0 Å². The third-order valence-corrected chi connectivity index (χ3v) is 4.71. The molecule has 5 nitrogen and oxygen atoms in total. The Morgan fingerprint density at radius 1 is 1.15 bits per heavy atom. The van der Waals surface area contributed by atoms with E-state index in [4.69, 9.17) is 4.74 Å². The molecule has 2 rings (SSSR count). The molecule has 27 heavy (non-hydrogen) atoms. The molecule has 0 spiro atoms. The molecule has 2 N–H and O–H groups in total. The zero-order valence-corrected chi connectivity index (χ0v) is 17.2. The van der Waals surface area contributed by atoms with Crippen LogP contribution in [0, 0.1) is 0 Å². The van der Waals surface area contributed by atoms with E-state index in [-0.39, 0.29) is 18.5 Å². The van der Waals surface area contributed by atoms with Crippen molar-refractivity contribution in [2.24, 2.45) is 0 Å². The molecule has 0 fully saturated rings. The van der Waals surface area contributed by atoms with E-state index in [0.717, 1.165) is 23.3 Å². The molecule has 2 aromatic rings. The topological polar surface area (TPSA) is 67.4 Å². The number of hydrogen-bond donors (Lipinski definition) is 2. The van der Waals surface area contributed by atoms with Crippen LogP contribution in [0.25, 0.3) is 0 Å². The Kier molecular flexibility index (Phi) is 7.42. The summed E-state index contributed by atoms with van der Waals surface area (Å²) in [5.41, 5.74) is 1.70. The molecule has 0 radical (unpaired) electrons. The normalized spacial score (nSPS) is 12.3. The lowest BCUT2D eigenvalue weighted by Gasteiger charge is -2.21. The fraction of sp³-hybridized carbons (Fsp3) is 0.429. The zero-order chi connectivity index (χ0) is 19.9. The first-order valence-corrected chi connectivity index (χ1v) is 10.0. The van der Waals surface area contributed by atoms with Crippen LogP contribution in [0.1, 0.15) is 56.2 Å². The molecule has 1 atom stereocenters. The standard InChI is InChI=1S/C21H28N2O3S/c1-5-7-15-9-11-16(12-10-15)19(17-8-6-13-27-17)23-18(24)14-22-20(25)26-21(2,3)4/h6,8-13,19H,5,7,14H2,1-4H3,(H,22,25)(H,23,24). The van der Waals surface area contributed by atoms with Gasteiger partial charge >= 0.3 is 6.09 Å². The van der Waals surface area contributed by atoms with Gasteiger partial charge in [0.05, 0.1) is 6.04 Å². The summed E-state index contributed by atoms with van der Waals surface area (Å²) in [7, 11) is 0. The van der Waals surface area contributed by atoms with Crippen LogP contribution < -0.4 is 10.6 Å². The predicted molar refractivity (Wildman–Crippen MR) is 109 cm³/mol. The first-order valence-electron chi connectivity index (χ1n) is 9.17. The number of amides is 2. The fourth-order valence-corrected chi connectivity index (χ4v) is 3.42. The highest BCUT2D eigenvalue weighted by Crippen LogP contribution is 2.26. The summed E-state index contributed by atoms with van der Waals surface area (Å²) in [6.07, 6.45) is 1.53. The summed E-state index contributed by atoms with van der Waals surface area (Å²) < 4.78 is 5.16. The van der Waals surface area contributed by atoms with E-state index < -0.39 is 11.7 Å². The first kappa shape index (κ1) is 21.0. The molecule has 0 aliphatic rings. The number of aryl methyl sites for hydroxylation is 1. The molecular weight excluding hydrogens is 360 g/mol. The van der Waals surface area contributed by atoms with Crippen molar-refractivity contribution < 1.29 is 14.3 Å². The minimum atomic E-state index is -0.603. The van der Waals surface area contributed by atoms with Gasteiger partial charge in [-0.3, -0.25) is 4.79 Å². The van der Waals surface area contributed by atoms with Crippen molar-refractivity contribution >= 4 is 23.3 Å². The molecule has 0 saturated heterocycles. The first-order chi connectivity index (χ1) is 12.8. The molecule has 2 amide bonds. The Hall–Kier alpha value is -2.34. The number of carbonyl (C=O) groups excluding carboxylic acids is 2. The van der Waals surface area contributed by atoms with Gasteiger partial charge in [-0.05, 0) is 49.8 Å². The van der Waals surface area contributed by atoms with Crippen LogP contribution in [-0.4, -0.2) is 24.1 Å². The molecule has 1 heterocycles. The SMILES string of the molecule is CCCc1ccc(C(NC(=O)CNC(=O)OC(C)(C)C)c2cccs2)cc1.